The van der Waals surface area contributed by atoms with E-state index in [2.05, 4.69) is 18.7 Å². The smallest absolute Gasteiger partial charge is 0.0590 e. The van der Waals surface area contributed by atoms with E-state index in [-0.39, 0.29) is 0 Å². The molecule has 0 amide bonds. The molecule has 0 radical (unpaired) electrons. The van der Waals surface area contributed by atoms with Crippen molar-refractivity contribution in [3.63, 3.8) is 0 Å². The summed E-state index contributed by atoms with van der Waals surface area (Å²) in [6, 6.07) is 1.33. The summed E-state index contributed by atoms with van der Waals surface area (Å²) < 4.78 is 5.89. The van der Waals surface area contributed by atoms with Crippen LogP contribution >= 0.6 is 0 Å². The van der Waals surface area contributed by atoms with E-state index in [1.165, 1.54) is 51.5 Å². The van der Waals surface area contributed by atoms with Crippen molar-refractivity contribution in [1.82, 2.24) is 4.90 Å². The maximum Gasteiger partial charge on any atom is 0.0590 e. The Labute approximate surface area is 118 Å². The first-order valence-electron chi connectivity index (χ1n) is 8.35. The average Bonchev–Trinajstić information content (AvgIpc) is 2.47. The van der Waals surface area contributed by atoms with Crippen LogP contribution in [0.15, 0.2) is 0 Å². The Morgan fingerprint density at radius 3 is 2.74 bits per heavy atom. The van der Waals surface area contributed by atoms with Crippen molar-refractivity contribution in [3.05, 3.63) is 0 Å². The molecule has 4 unspecified atom stereocenters. The fraction of sp³-hybridized carbons (Fsp3) is 1.00. The second-order valence-electron chi connectivity index (χ2n) is 6.39. The van der Waals surface area contributed by atoms with Gasteiger partial charge in [0.25, 0.3) is 0 Å². The molecule has 0 aromatic rings. The number of ether oxygens (including phenoxy) is 1. The number of nitrogens with zero attached hydrogens (tertiary/aromatic N) is 1. The highest BCUT2D eigenvalue weighted by molar-refractivity contribution is 4.89. The van der Waals surface area contributed by atoms with Crippen LogP contribution in [-0.2, 0) is 4.74 Å². The first kappa shape index (κ1) is 15.3. The van der Waals surface area contributed by atoms with Crippen LogP contribution in [0.25, 0.3) is 0 Å². The zero-order valence-corrected chi connectivity index (χ0v) is 12.8. The minimum Gasteiger partial charge on any atom is -0.378 e. The molecule has 112 valence electrons. The van der Waals surface area contributed by atoms with Gasteiger partial charge < -0.3 is 10.5 Å². The molecule has 0 spiro atoms. The van der Waals surface area contributed by atoms with E-state index in [4.69, 9.17) is 10.5 Å². The van der Waals surface area contributed by atoms with Gasteiger partial charge in [0.15, 0.2) is 0 Å². The summed E-state index contributed by atoms with van der Waals surface area (Å²) in [5, 5.41) is 0. The van der Waals surface area contributed by atoms with Crippen molar-refractivity contribution in [2.75, 3.05) is 19.7 Å². The van der Waals surface area contributed by atoms with Gasteiger partial charge in [-0.2, -0.15) is 0 Å². The minimum atomic E-state index is 0.492. The van der Waals surface area contributed by atoms with Gasteiger partial charge in [-0.15, -0.1) is 0 Å². The van der Waals surface area contributed by atoms with Crippen molar-refractivity contribution < 1.29 is 4.74 Å². The van der Waals surface area contributed by atoms with Gasteiger partial charge in [-0.1, -0.05) is 26.7 Å². The summed E-state index contributed by atoms with van der Waals surface area (Å²) in [6.07, 6.45) is 9.35. The summed E-state index contributed by atoms with van der Waals surface area (Å²) in [5.74, 6) is 0.899. The molecule has 4 atom stereocenters. The Morgan fingerprint density at radius 2 is 2.05 bits per heavy atom. The standard InChI is InChI=1S/C16H32N2O/c1-3-5-16-11-14(7-9-19-16)18-8-6-13(4-2)10-15(18)12-17/h13-16H,3-12,17H2,1-2H3. The lowest BCUT2D eigenvalue weighted by atomic mass is 9.86. The van der Waals surface area contributed by atoms with Crippen LogP contribution in [-0.4, -0.2) is 42.8 Å². The van der Waals surface area contributed by atoms with Crippen molar-refractivity contribution in [2.24, 2.45) is 11.7 Å². The average molecular weight is 268 g/mol. The number of piperidine rings is 1. The molecule has 0 aromatic carbocycles. The number of hydrogen-bond donors (Lipinski definition) is 1. The third kappa shape index (κ3) is 3.93. The second-order valence-corrected chi connectivity index (χ2v) is 6.39. The van der Waals surface area contributed by atoms with E-state index in [0.717, 1.165) is 25.1 Å². The number of nitrogens with two attached hydrogens (primary N) is 1. The highest BCUT2D eigenvalue weighted by atomic mass is 16.5. The predicted molar refractivity (Wildman–Crippen MR) is 80.2 cm³/mol. The largest absolute Gasteiger partial charge is 0.378 e. The third-order valence-electron chi connectivity index (χ3n) is 5.14. The quantitative estimate of drug-likeness (QED) is 0.833. The molecule has 0 aromatic heterocycles. The first-order valence-corrected chi connectivity index (χ1v) is 8.35. The van der Waals surface area contributed by atoms with Crippen LogP contribution in [0, 0.1) is 5.92 Å². The summed E-state index contributed by atoms with van der Waals surface area (Å²) in [5.41, 5.74) is 6.04. The highest BCUT2D eigenvalue weighted by Crippen LogP contribution is 2.31. The fourth-order valence-corrected chi connectivity index (χ4v) is 3.92. The zero-order chi connectivity index (χ0) is 13.7. The molecule has 2 aliphatic rings. The molecule has 2 saturated heterocycles. The van der Waals surface area contributed by atoms with Gasteiger partial charge in [-0.3, -0.25) is 4.90 Å². The molecule has 0 aliphatic carbocycles. The summed E-state index contributed by atoms with van der Waals surface area (Å²) in [7, 11) is 0. The molecular weight excluding hydrogens is 236 g/mol. The monoisotopic (exact) mass is 268 g/mol. The summed E-state index contributed by atoms with van der Waals surface area (Å²) in [4.78, 5) is 2.72. The van der Waals surface area contributed by atoms with Crippen LogP contribution in [0.1, 0.15) is 58.8 Å². The van der Waals surface area contributed by atoms with Crippen molar-refractivity contribution in [3.8, 4) is 0 Å². The first-order chi connectivity index (χ1) is 9.28. The van der Waals surface area contributed by atoms with Gasteiger partial charge in [0, 0.05) is 25.2 Å². The van der Waals surface area contributed by atoms with Crippen LogP contribution in [0.2, 0.25) is 0 Å². The van der Waals surface area contributed by atoms with E-state index >= 15 is 0 Å². The number of hydrogen-bond acceptors (Lipinski definition) is 3. The normalized spacial score (nSPS) is 37.4. The number of rotatable bonds is 5. The zero-order valence-electron chi connectivity index (χ0n) is 12.8. The number of likely N-dealkylation sites (tertiary alicyclic amines) is 1. The maximum atomic E-state index is 6.04. The van der Waals surface area contributed by atoms with E-state index in [9.17, 15) is 0 Å². The SMILES string of the molecule is CCCC1CC(N2CCC(CC)CC2CN)CCO1. The van der Waals surface area contributed by atoms with Crippen molar-refractivity contribution in [1.29, 1.82) is 0 Å². The van der Waals surface area contributed by atoms with E-state index in [1.54, 1.807) is 0 Å². The van der Waals surface area contributed by atoms with Crippen LogP contribution in [0.5, 0.6) is 0 Å². The molecule has 2 rings (SSSR count). The maximum absolute atomic E-state index is 6.04. The molecule has 2 fully saturated rings. The van der Waals surface area contributed by atoms with Gasteiger partial charge in [0.2, 0.25) is 0 Å². The molecule has 0 saturated carbocycles. The lowest BCUT2D eigenvalue weighted by Crippen LogP contribution is -2.53. The molecule has 0 bridgehead atoms. The Kier molecular flexibility index (Phi) is 6.11. The summed E-state index contributed by atoms with van der Waals surface area (Å²) in [6.45, 7) is 7.60. The predicted octanol–water partition coefficient (Wildman–Crippen LogP) is 2.78. The van der Waals surface area contributed by atoms with Gasteiger partial charge in [-0.25, -0.2) is 0 Å². The molecule has 2 aliphatic heterocycles. The third-order valence-corrected chi connectivity index (χ3v) is 5.14. The van der Waals surface area contributed by atoms with Crippen LogP contribution in [0.3, 0.4) is 0 Å². The summed E-state index contributed by atoms with van der Waals surface area (Å²) >= 11 is 0. The van der Waals surface area contributed by atoms with E-state index < -0.39 is 0 Å². The topological polar surface area (TPSA) is 38.5 Å². The molecule has 19 heavy (non-hydrogen) atoms. The minimum absolute atomic E-state index is 0.492. The van der Waals surface area contributed by atoms with Gasteiger partial charge >= 0.3 is 0 Å². The van der Waals surface area contributed by atoms with E-state index in [0.29, 0.717) is 12.1 Å². The van der Waals surface area contributed by atoms with Crippen molar-refractivity contribution >= 4 is 0 Å². The molecular formula is C16H32N2O. The molecule has 3 heteroatoms. The second kappa shape index (κ2) is 7.61. The Bertz CT molecular complexity index is 257. The molecule has 2 N–H and O–H groups in total. The molecule has 2 heterocycles. The fourth-order valence-electron chi connectivity index (χ4n) is 3.92. The van der Waals surface area contributed by atoms with Gasteiger partial charge in [0.1, 0.15) is 0 Å². The Hall–Kier alpha value is -0.120. The lowest BCUT2D eigenvalue weighted by molar-refractivity contribution is -0.0499. The molecule has 3 nitrogen and oxygen atoms in total. The van der Waals surface area contributed by atoms with Crippen molar-refractivity contribution in [2.45, 2.75) is 77.0 Å². The lowest BCUT2D eigenvalue weighted by Gasteiger charge is -2.46. The van der Waals surface area contributed by atoms with Crippen LogP contribution in [0.4, 0.5) is 0 Å². The Morgan fingerprint density at radius 1 is 1.21 bits per heavy atom. The highest BCUT2D eigenvalue weighted by Gasteiger charge is 2.34. The van der Waals surface area contributed by atoms with Crippen LogP contribution < -0.4 is 5.73 Å². The van der Waals surface area contributed by atoms with E-state index in [1.807, 2.05) is 0 Å². The van der Waals surface area contributed by atoms with Gasteiger partial charge in [-0.05, 0) is 44.6 Å². The van der Waals surface area contributed by atoms with Gasteiger partial charge in [0.05, 0.1) is 6.10 Å². The Balaban J connectivity index is 1.92.